The number of fused-ring (bicyclic) bond motifs is 3. The van der Waals surface area contributed by atoms with Crippen LogP contribution in [0, 0.1) is 20.8 Å². The number of para-hydroxylation sites is 2. The fraction of sp³-hybridized carbons (Fsp3) is 0.250. The number of carbonyl (C=O) groups is 1. The van der Waals surface area contributed by atoms with E-state index >= 15 is 0 Å². The van der Waals surface area contributed by atoms with E-state index in [9.17, 15) is 15.0 Å². The van der Waals surface area contributed by atoms with Crippen LogP contribution in [-0.2, 0) is 6.54 Å². The van der Waals surface area contributed by atoms with Gasteiger partial charge in [-0.15, -0.1) is 0 Å². The summed E-state index contributed by atoms with van der Waals surface area (Å²) >= 11 is 0. The van der Waals surface area contributed by atoms with Gasteiger partial charge in [0.1, 0.15) is 5.75 Å². The van der Waals surface area contributed by atoms with Crippen molar-refractivity contribution in [3.8, 4) is 11.4 Å². The van der Waals surface area contributed by atoms with Crippen LogP contribution in [0.25, 0.3) is 11.5 Å². The van der Waals surface area contributed by atoms with Crippen molar-refractivity contribution in [3.63, 3.8) is 0 Å². The maximum absolute atomic E-state index is 13.7. The van der Waals surface area contributed by atoms with Crippen molar-refractivity contribution >= 4 is 17.5 Å². The van der Waals surface area contributed by atoms with Gasteiger partial charge in [0.05, 0.1) is 12.2 Å². The molecule has 32 heavy (non-hydrogen) atoms. The standard InChI is InChI=1S/C24H25N5O3/c1-14-9-5-6-10-17(14)13-27-22(31)20-21(26(4)24(27)32)25-23-28(15(2)16(3)29(20)23)18-11-7-8-12-19(18)30/h5-12,24,30,32H,13H2,1-4H3. The lowest BCUT2D eigenvalue weighted by Crippen LogP contribution is -2.53. The zero-order valence-corrected chi connectivity index (χ0v) is 18.4. The number of aliphatic hydroxyl groups is 1. The van der Waals surface area contributed by atoms with Gasteiger partial charge >= 0.3 is 0 Å². The third kappa shape index (κ3) is 2.73. The van der Waals surface area contributed by atoms with Crippen LogP contribution in [0.3, 0.4) is 0 Å². The number of aromatic nitrogens is 3. The van der Waals surface area contributed by atoms with Crippen LogP contribution in [0.5, 0.6) is 5.75 Å². The lowest BCUT2D eigenvalue weighted by Gasteiger charge is -2.38. The van der Waals surface area contributed by atoms with E-state index in [4.69, 9.17) is 4.98 Å². The summed E-state index contributed by atoms with van der Waals surface area (Å²) in [7, 11) is 1.72. The smallest absolute Gasteiger partial charge is 0.278 e. The second kappa shape index (κ2) is 7.13. The zero-order valence-electron chi connectivity index (χ0n) is 18.4. The first-order valence-electron chi connectivity index (χ1n) is 10.5. The predicted molar refractivity (Wildman–Crippen MR) is 121 cm³/mol. The van der Waals surface area contributed by atoms with Gasteiger partial charge in [-0.3, -0.25) is 18.7 Å². The summed E-state index contributed by atoms with van der Waals surface area (Å²) in [6.07, 6.45) is -1.14. The second-order valence-electron chi connectivity index (χ2n) is 8.23. The molecule has 0 fully saturated rings. The number of carbonyl (C=O) groups excluding carboxylic acids is 1. The number of phenols is 1. The molecule has 0 radical (unpaired) electrons. The molecule has 3 heterocycles. The number of nitrogens with zero attached hydrogens (tertiary/aromatic N) is 5. The largest absolute Gasteiger partial charge is 0.506 e. The summed E-state index contributed by atoms with van der Waals surface area (Å²) in [5.74, 6) is 0.747. The van der Waals surface area contributed by atoms with Gasteiger partial charge in [0.25, 0.3) is 5.91 Å². The average Bonchev–Trinajstić information content (AvgIpc) is 3.27. The lowest BCUT2D eigenvalue weighted by molar-refractivity contribution is -0.000607. The molecule has 0 bridgehead atoms. The summed E-state index contributed by atoms with van der Waals surface area (Å²) in [5.41, 5.74) is 4.71. The Bertz CT molecular complexity index is 1370. The Kier molecular flexibility index (Phi) is 4.49. The van der Waals surface area contributed by atoms with Crippen LogP contribution in [0.15, 0.2) is 48.5 Å². The highest BCUT2D eigenvalue weighted by atomic mass is 16.3. The number of aliphatic hydroxyl groups excluding tert-OH is 1. The number of benzene rings is 2. The summed E-state index contributed by atoms with van der Waals surface area (Å²) < 4.78 is 3.65. The monoisotopic (exact) mass is 431 g/mol. The fourth-order valence-electron chi connectivity index (χ4n) is 4.40. The van der Waals surface area contributed by atoms with Gasteiger partial charge in [0, 0.05) is 18.4 Å². The van der Waals surface area contributed by atoms with E-state index in [1.165, 1.54) is 4.90 Å². The van der Waals surface area contributed by atoms with Gasteiger partial charge in [-0.05, 0) is 44.0 Å². The third-order valence-electron chi connectivity index (χ3n) is 6.38. The first-order chi connectivity index (χ1) is 15.3. The van der Waals surface area contributed by atoms with E-state index in [2.05, 4.69) is 0 Å². The molecule has 1 atom stereocenters. The van der Waals surface area contributed by atoms with Gasteiger partial charge in [-0.25, -0.2) is 0 Å². The quantitative estimate of drug-likeness (QED) is 0.521. The van der Waals surface area contributed by atoms with Crippen molar-refractivity contribution < 1.29 is 15.0 Å². The topological polar surface area (TPSA) is 86.2 Å². The minimum atomic E-state index is -1.14. The van der Waals surface area contributed by atoms with E-state index in [1.807, 2.05) is 60.1 Å². The molecule has 0 aliphatic carbocycles. The Balaban J connectivity index is 1.70. The summed E-state index contributed by atoms with van der Waals surface area (Å²) in [5, 5.41) is 21.4. The molecule has 1 aliphatic heterocycles. The molecule has 164 valence electrons. The van der Waals surface area contributed by atoms with Gasteiger partial charge in [-0.1, -0.05) is 36.4 Å². The Hall–Kier alpha value is -3.78. The molecule has 5 rings (SSSR count). The lowest BCUT2D eigenvalue weighted by atomic mass is 10.1. The molecule has 2 aromatic carbocycles. The minimum absolute atomic E-state index is 0.120. The van der Waals surface area contributed by atoms with E-state index < -0.39 is 6.35 Å². The van der Waals surface area contributed by atoms with Crippen molar-refractivity contribution in [2.24, 2.45) is 0 Å². The molecule has 1 amide bonds. The summed E-state index contributed by atoms with van der Waals surface area (Å²) in [6.45, 7) is 6.12. The number of aryl methyl sites for hydroxylation is 2. The molecule has 0 spiro atoms. The molecule has 8 heteroatoms. The van der Waals surface area contributed by atoms with Crippen molar-refractivity contribution in [1.29, 1.82) is 0 Å². The van der Waals surface area contributed by atoms with Gasteiger partial charge in [-0.2, -0.15) is 4.98 Å². The number of anilines is 1. The number of hydrogen-bond acceptors (Lipinski definition) is 5. The van der Waals surface area contributed by atoms with Crippen LogP contribution < -0.4 is 4.90 Å². The number of amides is 1. The highest BCUT2D eigenvalue weighted by Gasteiger charge is 2.40. The number of phenolic OH excluding ortho intramolecular Hbond substituents is 1. The molecule has 0 saturated carbocycles. The van der Waals surface area contributed by atoms with E-state index in [0.717, 1.165) is 22.5 Å². The van der Waals surface area contributed by atoms with E-state index in [1.54, 1.807) is 30.1 Å². The average molecular weight is 431 g/mol. The number of aromatic hydroxyl groups is 1. The van der Waals surface area contributed by atoms with Crippen LogP contribution in [0.4, 0.5) is 5.82 Å². The van der Waals surface area contributed by atoms with Gasteiger partial charge in [0.15, 0.2) is 11.5 Å². The van der Waals surface area contributed by atoms with Crippen LogP contribution >= 0.6 is 0 Å². The second-order valence-corrected chi connectivity index (χ2v) is 8.23. The van der Waals surface area contributed by atoms with Crippen molar-refractivity contribution in [2.75, 3.05) is 11.9 Å². The predicted octanol–water partition coefficient (Wildman–Crippen LogP) is 3.12. The van der Waals surface area contributed by atoms with Gasteiger partial charge < -0.3 is 15.1 Å². The Labute approximate surface area is 185 Å². The van der Waals surface area contributed by atoms with Crippen molar-refractivity contribution in [1.82, 2.24) is 18.9 Å². The Morgan fingerprint density at radius 2 is 1.69 bits per heavy atom. The maximum Gasteiger partial charge on any atom is 0.278 e. The molecule has 8 nitrogen and oxygen atoms in total. The summed E-state index contributed by atoms with van der Waals surface area (Å²) in [4.78, 5) is 21.4. The molecule has 1 aliphatic rings. The van der Waals surface area contributed by atoms with E-state index in [-0.39, 0.29) is 18.2 Å². The zero-order chi connectivity index (χ0) is 22.7. The van der Waals surface area contributed by atoms with Gasteiger partial charge in [0.2, 0.25) is 12.1 Å². The first kappa shape index (κ1) is 20.1. The molecular formula is C24H25N5O3. The molecule has 1 unspecified atom stereocenters. The number of imidazole rings is 2. The molecular weight excluding hydrogens is 406 g/mol. The van der Waals surface area contributed by atoms with Crippen molar-refractivity contribution in [2.45, 2.75) is 33.7 Å². The normalized spacial score (nSPS) is 16.2. The molecule has 0 saturated heterocycles. The minimum Gasteiger partial charge on any atom is -0.506 e. The van der Waals surface area contributed by atoms with Crippen LogP contribution in [0.1, 0.15) is 33.0 Å². The van der Waals surface area contributed by atoms with Crippen LogP contribution in [-0.4, -0.2) is 48.4 Å². The first-order valence-corrected chi connectivity index (χ1v) is 10.5. The third-order valence-corrected chi connectivity index (χ3v) is 6.38. The fourth-order valence-corrected chi connectivity index (χ4v) is 4.40. The SMILES string of the molecule is Cc1ccccc1CN1C(=O)c2c(nc3n(-c4ccccc4O)c(C)c(C)n23)N(C)C1O. The number of rotatable bonds is 3. The Morgan fingerprint density at radius 3 is 2.41 bits per heavy atom. The van der Waals surface area contributed by atoms with E-state index in [0.29, 0.717) is 23.0 Å². The molecule has 2 aromatic heterocycles. The summed E-state index contributed by atoms with van der Waals surface area (Å²) in [6, 6.07) is 14.8. The maximum atomic E-state index is 13.7. The Morgan fingerprint density at radius 1 is 1.00 bits per heavy atom. The highest BCUT2D eigenvalue weighted by molar-refractivity contribution is 6.00. The van der Waals surface area contributed by atoms with Crippen molar-refractivity contribution in [3.05, 3.63) is 76.7 Å². The van der Waals surface area contributed by atoms with Crippen LogP contribution in [0.2, 0.25) is 0 Å². The number of hydrogen-bond donors (Lipinski definition) is 2. The molecule has 2 N–H and O–H groups in total. The highest BCUT2D eigenvalue weighted by Crippen LogP contribution is 2.35. The molecule has 4 aromatic rings.